The Morgan fingerprint density at radius 3 is 3.08 bits per heavy atom. The van der Waals surface area contributed by atoms with Crippen LogP contribution in [0.4, 0.5) is 0 Å². The van der Waals surface area contributed by atoms with Gasteiger partial charge in [0.05, 0.1) is 11.6 Å². The van der Waals surface area contributed by atoms with Crippen molar-refractivity contribution in [3.63, 3.8) is 0 Å². The number of aromatic hydroxyl groups is 1. The molecule has 1 aromatic rings. The van der Waals surface area contributed by atoms with E-state index >= 15 is 0 Å². The Morgan fingerprint density at radius 1 is 1.54 bits per heavy atom. The Hall–Kier alpha value is -0.890. The van der Waals surface area contributed by atoms with Crippen LogP contribution in [0.1, 0.15) is 17.5 Å². The van der Waals surface area contributed by atoms with Crippen LogP contribution in [0.2, 0.25) is 5.02 Å². The van der Waals surface area contributed by atoms with Gasteiger partial charge in [0.1, 0.15) is 11.5 Å². The average molecular weight is 199 g/mol. The van der Waals surface area contributed by atoms with E-state index < -0.39 is 0 Å². The zero-order valence-electron chi connectivity index (χ0n) is 7.43. The molecule has 0 bridgehead atoms. The van der Waals surface area contributed by atoms with Crippen molar-refractivity contribution in [2.24, 2.45) is 0 Å². The number of benzene rings is 1. The van der Waals surface area contributed by atoms with Crippen molar-refractivity contribution in [2.45, 2.75) is 19.8 Å². The van der Waals surface area contributed by atoms with Crippen molar-refractivity contribution in [3.05, 3.63) is 22.2 Å². The second-order valence-corrected chi connectivity index (χ2v) is 3.67. The molecule has 0 spiro atoms. The highest BCUT2D eigenvalue weighted by Gasteiger charge is 2.18. The van der Waals surface area contributed by atoms with Crippen LogP contribution in [0.5, 0.6) is 11.5 Å². The van der Waals surface area contributed by atoms with Crippen molar-refractivity contribution in [2.75, 3.05) is 6.61 Å². The average Bonchev–Trinajstić information content (AvgIpc) is 2.15. The number of phenols is 1. The van der Waals surface area contributed by atoms with Crippen LogP contribution < -0.4 is 4.74 Å². The van der Waals surface area contributed by atoms with Crippen molar-refractivity contribution in [1.82, 2.24) is 0 Å². The fraction of sp³-hybridized carbons (Fsp3) is 0.400. The second-order valence-electron chi connectivity index (χ2n) is 3.26. The maximum absolute atomic E-state index is 9.52. The van der Waals surface area contributed by atoms with Crippen LogP contribution in [-0.2, 0) is 6.42 Å². The maximum atomic E-state index is 9.52. The van der Waals surface area contributed by atoms with E-state index in [1.54, 1.807) is 6.07 Å². The van der Waals surface area contributed by atoms with Crippen LogP contribution in [-0.4, -0.2) is 11.7 Å². The van der Waals surface area contributed by atoms with Gasteiger partial charge < -0.3 is 9.84 Å². The van der Waals surface area contributed by atoms with E-state index in [-0.39, 0.29) is 5.75 Å². The summed E-state index contributed by atoms with van der Waals surface area (Å²) in [5.41, 5.74) is 1.94. The first-order valence-electron chi connectivity index (χ1n) is 4.34. The van der Waals surface area contributed by atoms with Crippen LogP contribution in [0, 0.1) is 6.92 Å². The summed E-state index contributed by atoms with van der Waals surface area (Å²) in [5.74, 6) is 1.01. The third-order valence-electron chi connectivity index (χ3n) is 2.41. The van der Waals surface area contributed by atoms with Crippen molar-refractivity contribution in [1.29, 1.82) is 0 Å². The summed E-state index contributed by atoms with van der Waals surface area (Å²) < 4.78 is 5.45. The first kappa shape index (κ1) is 8.70. The molecule has 2 nitrogen and oxygen atoms in total. The minimum atomic E-state index is 0.259. The van der Waals surface area contributed by atoms with Gasteiger partial charge in [0.2, 0.25) is 0 Å². The van der Waals surface area contributed by atoms with E-state index in [0.29, 0.717) is 5.02 Å². The van der Waals surface area contributed by atoms with Gasteiger partial charge in [0.25, 0.3) is 0 Å². The highest BCUT2D eigenvalue weighted by Crippen LogP contribution is 2.39. The van der Waals surface area contributed by atoms with E-state index in [1.807, 2.05) is 6.92 Å². The minimum Gasteiger partial charge on any atom is -0.508 e. The fourth-order valence-corrected chi connectivity index (χ4v) is 1.92. The Bertz CT molecular complexity index is 347. The number of hydrogen-bond acceptors (Lipinski definition) is 2. The van der Waals surface area contributed by atoms with Gasteiger partial charge in [-0.3, -0.25) is 0 Å². The van der Waals surface area contributed by atoms with Crippen LogP contribution in [0.15, 0.2) is 6.07 Å². The molecule has 1 N–H and O–H groups in total. The lowest BCUT2D eigenvalue weighted by atomic mass is 10.0. The van der Waals surface area contributed by atoms with Gasteiger partial charge in [-0.1, -0.05) is 11.6 Å². The summed E-state index contributed by atoms with van der Waals surface area (Å²) in [6, 6.07) is 1.54. The summed E-state index contributed by atoms with van der Waals surface area (Å²) in [7, 11) is 0. The third kappa shape index (κ3) is 1.35. The Kier molecular flexibility index (Phi) is 2.08. The Morgan fingerprint density at radius 2 is 2.31 bits per heavy atom. The zero-order chi connectivity index (χ0) is 9.42. The molecule has 2 rings (SSSR count). The normalized spacial score (nSPS) is 14.9. The molecule has 0 radical (unpaired) electrons. The van der Waals surface area contributed by atoms with Crippen molar-refractivity contribution >= 4 is 11.6 Å². The topological polar surface area (TPSA) is 29.5 Å². The van der Waals surface area contributed by atoms with E-state index in [9.17, 15) is 5.11 Å². The van der Waals surface area contributed by atoms with Gasteiger partial charge in [0, 0.05) is 11.6 Å². The number of hydrogen-bond donors (Lipinski definition) is 1. The molecular weight excluding hydrogens is 188 g/mol. The lowest BCUT2D eigenvalue weighted by Crippen LogP contribution is -2.10. The summed E-state index contributed by atoms with van der Waals surface area (Å²) in [4.78, 5) is 0. The lowest BCUT2D eigenvalue weighted by molar-refractivity contribution is 0.287. The molecule has 0 fully saturated rings. The molecule has 0 aromatic heterocycles. The molecule has 0 unspecified atom stereocenters. The standard InChI is InChI=1S/C10H11ClO2/c1-6-7-3-2-4-13-10(7)8(11)5-9(6)12/h5,12H,2-4H2,1H3. The molecule has 13 heavy (non-hydrogen) atoms. The monoisotopic (exact) mass is 198 g/mol. The molecule has 1 aliphatic rings. The highest BCUT2D eigenvalue weighted by atomic mass is 35.5. The minimum absolute atomic E-state index is 0.259. The summed E-state index contributed by atoms with van der Waals surface area (Å²) in [5, 5.41) is 10.0. The molecule has 0 amide bonds. The summed E-state index contributed by atoms with van der Waals surface area (Å²) in [6.07, 6.45) is 1.93. The molecule has 1 heterocycles. The van der Waals surface area contributed by atoms with Gasteiger partial charge in [-0.05, 0) is 25.3 Å². The van der Waals surface area contributed by atoms with Gasteiger partial charge in [-0.15, -0.1) is 0 Å². The maximum Gasteiger partial charge on any atom is 0.141 e. The second kappa shape index (κ2) is 3.11. The van der Waals surface area contributed by atoms with E-state index in [4.69, 9.17) is 16.3 Å². The number of ether oxygens (including phenoxy) is 1. The fourth-order valence-electron chi connectivity index (χ4n) is 1.64. The highest BCUT2D eigenvalue weighted by molar-refractivity contribution is 6.32. The predicted molar refractivity (Wildman–Crippen MR) is 51.7 cm³/mol. The van der Waals surface area contributed by atoms with E-state index in [0.717, 1.165) is 36.3 Å². The molecule has 0 saturated heterocycles. The Labute approximate surface area is 82.1 Å². The number of rotatable bonds is 0. The molecule has 3 heteroatoms. The summed E-state index contributed by atoms with van der Waals surface area (Å²) in [6.45, 7) is 2.61. The zero-order valence-corrected chi connectivity index (χ0v) is 8.19. The van der Waals surface area contributed by atoms with Crippen LogP contribution >= 0.6 is 11.6 Å². The van der Waals surface area contributed by atoms with E-state index in [2.05, 4.69) is 0 Å². The van der Waals surface area contributed by atoms with Gasteiger partial charge in [0.15, 0.2) is 0 Å². The molecule has 0 saturated carbocycles. The predicted octanol–water partition coefficient (Wildman–Crippen LogP) is 2.68. The lowest BCUT2D eigenvalue weighted by Gasteiger charge is -2.20. The quantitative estimate of drug-likeness (QED) is 0.695. The van der Waals surface area contributed by atoms with Gasteiger partial charge in [-0.2, -0.15) is 0 Å². The van der Waals surface area contributed by atoms with Crippen molar-refractivity contribution < 1.29 is 9.84 Å². The molecule has 0 aliphatic carbocycles. The van der Waals surface area contributed by atoms with E-state index in [1.165, 1.54) is 0 Å². The molecule has 1 aliphatic heterocycles. The molecular formula is C10H11ClO2. The smallest absolute Gasteiger partial charge is 0.141 e. The van der Waals surface area contributed by atoms with Crippen LogP contribution in [0.3, 0.4) is 0 Å². The number of phenolic OH excluding ortho intramolecular Hbond substituents is 1. The largest absolute Gasteiger partial charge is 0.508 e. The number of fused-ring (bicyclic) bond motifs is 1. The van der Waals surface area contributed by atoms with Crippen LogP contribution in [0.25, 0.3) is 0 Å². The van der Waals surface area contributed by atoms with Gasteiger partial charge >= 0.3 is 0 Å². The molecule has 0 atom stereocenters. The third-order valence-corrected chi connectivity index (χ3v) is 2.69. The first-order chi connectivity index (χ1) is 6.20. The number of halogens is 1. The molecule has 1 aromatic carbocycles. The summed E-state index contributed by atoms with van der Waals surface area (Å²) >= 11 is 5.93. The molecule has 70 valence electrons. The first-order valence-corrected chi connectivity index (χ1v) is 4.71. The Balaban J connectivity index is 2.63. The van der Waals surface area contributed by atoms with Gasteiger partial charge in [-0.25, -0.2) is 0 Å². The van der Waals surface area contributed by atoms with Crippen molar-refractivity contribution in [3.8, 4) is 11.5 Å². The SMILES string of the molecule is Cc1c(O)cc(Cl)c2c1CCCO2.